The third-order valence-corrected chi connectivity index (χ3v) is 5.66. The monoisotopic (exact) mass is 499 g/mol. The molecule has 0 aliphatic rings. The Kier molecular flexibility index (Phi) is 6.33. The molecule has 5 aromatic rings. The minimum absolute atomic E-state index is 0.103. The van der Waals surface area contributed by atoms with Gasteiger partial charge in [0, 0.05) is 28.4 Å². The average Bonchev–Trinajstić information content (AvgIpc) is 3.27. The van der Waals surface area contributed by atoms with Crippen molar-refractivity contribution in [3.05, 3.63) is 78.6 Å². The first-order chi connectivity index (χ1) is 17.6. The van der Waals surface area contributed by atoms with Gasteiger partial charge in [-0.15, -0.1) is 0 Å². The number of anilines is 2. The Morgan fingerprint density at radius 2 is 1.56 bits per heavy atom. The predicted molar refractivity (Wildman–Crippen MR) is 142 cm³/mol. The van der Waals surface area contributed by atoms with E-state index in [0.717, 1.165) is 10.9 Å². The van der Waals surface area contributed by atoms with Crippen LogP contribution in [0.5, 0.6) is 17.4 Å². The molecule has 0 aliphatic heterocycles. The van der Waals surface area contributed by atoms with E-state index in [1.807, 2.05) is 30.3 Å². The number of carbonyl (C=O) groups excluding carboxylic acids is 1. The Labute approximate surface area is 211 Å². The minimum Gasteiger partial charge on any atom is -0.493 e. The zero-order valence-electron chi connectivity index (χ0n) is 19.4. The Balaban J connectivity index is 1.32. The van der Waals surface area contributed by atoms with Crippen LogP contribution in [-0.4, -0.2) is 40.3 Å². The zero-order chi connectivity index (χ0) is 25.1. The molecule has 0 unspecified atom stereocenters. The van der Waals surface area contributed by atoms with Crippen molar-refractivity contribution in [1.29, 1.82) is 0 Å². The van der Waals surface area contributed by atoms with Gasteiger partial charge in [-0.1, -0.05) is 18.2 Å². The van der Waals surface area contributed by atoms with Crippen molar-refractivity contribution in [2.24, 2.45) is 0 Å². The highest BCUT2D eigenvalue weighted by molar-refractivity contribution is 7.80. The number of hydrogen-bond donors (Lipinski definition) is 3. The van der Waals surface area contributed by atoms with Crippen molar-refractivity contribution in [3.8, 4) is 17.4 Å². The molecule has 0 bridgehead atoms. The predicted octanol–water partition coefficient (Wildman–Crippen LogP) is 5.16. The smallest absolute Gasteiger partial charge is 0.268 e. The highest BCUT2D eigenvalue weighted by Gasteiger charge is 2.17. The molecule has 5 rings (SSSR count). The van der Waals surface area contributed by atoms with Crippen molar-refractivity contribution in [2.75, 3.05) is 24.9 Å². The Hall–Kier alpha value is -4.70. The van der Waals surface area contributed by atoms with Crippen LogP contribution in [0.25, 0.3) is 21.9 Å². The summed E-state index contributed by atoms with van der Waals surface area (Å²) in [5.41, 5.74) is 3.31. The van der Waals surface area contributed by atoms with Crippen LogP contribution >= 0.6 is 12.2 Å². The van der Waals surface area contributed by atoms with Crippen LogP contribution in [0, 0.1) is 0 Å². The van der Waals surface area contributed by atoms with Crippen LogP contribution in [0.1, 0.15) is 10.4 Å². The average molecular weight is 500 g/mol. The number of ether oxygens (including phenoxy) is 3. The molecule has 1 amide bonds. The van der Waals surface area contributed by atoms with Crippen molar-refractivity contribution >= 4 is 56.6 Å². The molecule has 0 saturated heterocycles. The number of nitrogens with one attached hydrogen (secondary N) is 3. The number of aromatic amines is 1. The molecule has 2 heterocycles. The van der Waals surface area contributed by atoms with E-state index in [1.54, 1.807) is 50.6 Å². The van der Waals surface area contributed by atoms with E-state index in [4.69, 9.17) is 26.4 Å². The van der Waals surface area contributed by atoms with Crippen molar-refractivity contribution < 1.29 is 19.0 Å². The molecular weight excluding hydrogens is 478 g/mol. The molecule has 36 heavy (non-hydrogen) atoms. The second-order valence-corrected chi connectivity index (χ2v) is 8.06. The molecule has 0 spiro atoms. The summed E-state index contributed by atoms with van der Waals surface area (Å²) in [5, 5.41) is 7.46. The SMILES string of the molecule is COc1cc2[nH]c3ncnc(OC(=S)Nc4ccc(NC(=O)c5ccccc5)cc4)c3c2cc1OC. The normalized spacial score (nSPS) is 10.7. The van der Waals surface area contributed by atoms with Gasteiger partial charge in [-0.2, -0.15) is 0 Å². The zero-order valence-corrected chi connectivity index (χ0v) is 20.2. The first kappa shape index (κ1) is 23.1. The second kappa shape index (κ2) is 9.88. The molecule has 10 heteroatoms. The van der Waals surface area contributed by atoms with Crippen molar-refractivity contribution in [2.45, 2.75) is 0 Å². The molecule has 0 fully saturated rings. The molecule has 0 aliphatic carbocycles. The van der Waals surface area contributed by atoms with E-state index >= 15 is 0 Å². The topological polar surface area (TPSA) is 110 Å². The molecule has 9 nitrogen and oxygen atoms in total. The number of methoxy groups -OCH3 is 2. The van der Waals surface area contributed by atoms with Gasteiger partial charge in [-0.05, 0) is 54.7 Å². The van der Waals surface area contributed by atoms with Gasteiger partial charge < -0.3 is 29.8 Å². The molecule has 3 aromatic carbocycles. The van der Waals surface area contributed by atoms with Crippen molar-refractivity contribution in [1.82, 2.24) is 15.0 Å². The lowest BCUT2D eigenvalue weighted by atomic mass is 10.2. The number of fused-ring (bicyclic) bond motifs is 3. The minimum atomic E-state index is -0.184. The molecule has 2 aromatic heterocycles. The van der Waals surface area contributed by atoms with Gasteiger partial charge in [0.05, 0.1) is 25.1 Å². The van der Waals surface area contributed by atoms with E-state index in [1.165, 1.54) is 6.33 Å². The van der Waals surface area contributed by atoms with Crippen LogP contribution in [0.15, 0.2) is 73.1 Å². The lowest BCUT2D eigenvalue weighted by Gasteiger charge is -2.11. The molecule has 0 radical (unpaired) electrons. The number of aromatic nitrogens is 3. The van der Waals surface area contributed by atoms with Gasteiger partial charge in [-0.3, -0.25) is 4.79 Å². The van der Waals surface area contributed by atoms with Crippen LogP contribution in [0.2, 0.25) is 0 Å². The highest BCUT2D eigenvalue weighted by atomic mass is 32.1. The summed E-state index contributed by atoms with van der Waals surface area (Å²) in [6.07, 6.45) is 1.40. The van der Waals surface area contributed by atoms with Crippen LogP contribution in [0.4, 0.5) is 11.4 Å². The fourth-order valence-electron chi connectivity index (χ4n) is 3.76. The quantitative estimate of drug-likeness (QED) is 0.275. The summed E-state index contributed by atoms with van der Waals surface area (Å²) in [5.74, 6) is 1.27. The van der Waals surface area contributed by atoms with Crippen LogP contribution < -0.4 is 24.8 Å². The van der Waals surface area contributed by atoms with Gasteiger partial charge in [0.15, 0.2) is 11.5 Å². The summed E-state index contributed by atoms with van der Waals surface area (Å²) in [7, 11) is 3.15. The second-order valence-electron chi connectivity index (χ2n) is 7.69. The number of nitrogens with zero attached hydrogens (tertiary/aromatic N) is 2. The van der Waals surface area contributed by atoms with Crippen molar-refractivity contribution in [3.63, 3.8) is 0 Å². The first-order valence-corrected chi connectivity index (χ1v) is 11.3. The van der Waals surface area contributed by atoms with Gasteiger partial charge in [0.25, 0.3) is 11.1 Å². The molecular formula is C26H21N5O4S. The van der Waals surface area contributed by atoms with E-state index in [2.05, 4.69) is 25.6 Å². The Morgan fingerprint density at radius 3 is 2.25 bits per heavy atom. The fraction of sp³-hybridized carbons (Fsp3) is 0.0769. The third kappa shape index (κ3) is 4.62. The van der Waals surface area contributed by atoms with Gasteiger partial charge >= 0.3 is 0 Å². The molecule has 0 atom stereocenters. The number of amides is 1. The van der Waals surface area contributed by atoms with Gasteiger partial charge in [0.2, 0.25) is 5.88 Å². The maximum absolute atomic E-state index is 12.3. The largest absolute Gasteiger partial charge is 0.493 e. The summed E-state index contributed by atoms with van der Waals surface area (Å²) in [4.78, 5) is 24.2. The fourth-order valence-corrected chi connectivity index (χ4v) is 3.96. The maximum atomic E-state index is 12.3. The summed E-state index contributed by atoms with van der Waals surface area (Å²) < 4.78 is 16.7. The van der Waals surface area contributed by atoms with Crippen LogP contribution in [-0.2, 0) is 0 Å². The highest BCUT2D eigenvalue weighted by Crippen LogP contribution is 2.37. The van der Waals surface area contributed by atoms with E-state index < -0.39 is 0 Å². The third-order valence-electron chi connectivity index (χ3n) is 5.47. The van der Waals surface area contributed by atoms with Gasteiger partial charge in [-0.25, -0.2) is 9.97 Å². The maximum Gasteiger partial charge on any atom is 0.268 e. The number of hydrogen-bond acceptors (Lipinski definition) is 7. The number of carbonyl (C=O) groups is 1. The molecule has 0 saturated carbocycles. The first-order valence-electron chi connectivity index (χ1n) is 10.9. The van der Waals surface area contributed by atoms with E-state index in [0.29, 0.717) is 45.4 Å². The summed E-state index contributed by atoms with van der Waals surface area (Å²) in [6, 6.07) is 19.8. The number of benzene rings is 3. The summed E-state index contributed by atoms with van der Waals surface area (Å²) in [6.45, 7) is 0. The summed E-state index contributed by atoms with van der Waals surface area (Å²) >= 11 is 5.41. The number of H-pyrrole nitrogens is 1. The number of thiocarbonyl (C=S) groups is 1. The lowest BCUT2D eigenvalue weighted by Crippen LogP contribution is -2.17. The van der Waals surface area contributed by atoms with Crippen LogP contribution in [0.3, 0.4) is 0 Å². The van der Waals surface area contributed by atoms with E-state index in [-0.39, 0.29) is 11.1 Å². The van der Waals surface area contributed by atoms with Gasteiger partial charge in [0.1, 0.15) is 12.0 Å². The Morgan fingerprint density at radius 1 is 0.889 bits per heavy atom. The molecule has 180 valence electrons. The Bertz CT molecular complexity index is 1570. The van der Waals surface area contributed by atoms with E-state index in [9.17, 15) is 4.79 Å². The number of rotatable bonds is 6. The lowest BCUT2D eigenvalue weighted by molar-refractivity contribution is 0.102. The molecule has 3 N–H and O–H groups in total. The standard InChI is InChI=1S/C26H21N5O4S/c1-33-20-12-18-19(13-21(20)34-2)31-23-22(18)25(28-14-27-23)35-26(36)30-17-10-8-16(9-11-17)29-24(32)15-6-4-3-5-7-15/h3-14H,1-2H3,(H,29,32)(H,30,36)(H,27,28,31).